The third kappa shape index (κ3) is 3.03. The van der Waals surface area contributed by atoms with Crippen molar-refractivity contribution in [1.82, 2.24) is 10.3 Å². The maximum atomic E-state index is 11.6. The maximum Gasteiger partial charge on any atom is 0.263 e. The van der Waals surface area contributed by atoms with Crippen molar-refractivity contribution in [3.63, 3.8) is 0 Å². The third-order valence-corrected chi connectivity index (χ3v) is 3.95. The molecule has 100 valence electrons. The highest BCUT2D eigenvalue weighted by atomic mass is 32.1. The molecule has 5 nitrogen and oxygen atoms in total. The van der Waals surface area contributed by atoms with E-state index in [-0.39, 0.29) is 5.91 Å². The molecule has 6 heteroatoms. The van der Waals surface area contributed by atoms with Crippen LogP contribution in [0.15, 0.2) is 30.5 Å². The second kappa shape index (κ2) is 5.71. The summed E-state index contributed by atoms with van der Waals surface area (Å²) in [6.45, 7) is 0.675. The quantitative estimate of drug-likeness (QED) is 0.892. The lowest BCUT2D eigenvalue weighted by Crippen LogP contribution is -2.17. The van der Waals surface area contributed by atoms with Gasteiger partial charge >= 0.3 is 0 Å². The first-order valence-corrected chi connectivity index (χ1v) is 6.66. The summed E-state index contributed by atoms with van der Waals surface area (Å²) in [5.74, 6) is -0.153. The summed E-state index contributed by atoms with van der Waals surface area (Å²) in [4.78, 5) is 18.5. The van der Waals surface area contributed by atoms with Crippen molar-refractivity contribution < 1.29 is 4.79 Å². The van der Waals surface area contributed by atoms with Crippen molar-refractivity contribution in [2.75, 3.05) is 24.7 Å². The van der Waals surface area contributed by atoms with Gasteiger partial charge in [-0.3, -0.25) is 9.78 Å². The second-order valence-electron chi connectivity index (χ2n) is 4.13. The molecule has 3 N–H and O–H groups in total. The lowest BCUT2D eigenvalue weighted by molar-refractivity contribution is 0.0968. The van der Waals surface area contributed by atoms with Crippen LogP contribution >= 0.6 is 11.3 Å². The Morgan fingerprint density at radius 2 is 2.32 bits per heavy atom. The van der Waals surface area contributed by atoms with Crippen LogP contribution < -0.4 is 16.0 Å². The van der Waals surface area contributed by atoms with Gasteiger partial charge in [-0.25, -0.2) is 0 Å². The largest absolute Gasteiger partial charge is 0.397 e. The minimum Gasteiger partial charge on any atom is -0.397 e. The van der Waals surface area contributed by atoms with Crippen LogP contribution in [-0.2, 0) is 6.54 Å². The number of nitrogens with zero attached hydrogens (tertiary/aromatic N) is 2. The molecule has 0 bridgehead atoms. The number of nitrogens with one attached hydrogen (secondary N) is 1. The van der Waals surface area contributed by atoms with E-state index < -0.39 is 0 Å². The smallest absolute Gasteiger partial charge is 0.263 e. The van der Waals surface area contributed by atoms with Crippen molar-refractivity contribution in [3.05, 3.63) is 41.0 Å². The van der Waals surface area contributed by atoms with E-state index in [4.69, 9.17) is 5.73 Å². The van der Waals surface area contributed by atoms with E-state index in [1.54, 1.807) is 13.2 Å². The Morgan fingerprint density at radius 1 is 1.53 bits per heavy atom. The van der Waals surface area contributed by atoms with Crippen molar-refractivity contribution in [2.24, 2.45) is 0 Å². The first kappa shape index (κ1) is 13.4. The van der Waals surface area contributed by atoms with E-state index in [0.717, 1.165) is 10.7 Å². The fourth-order valence-electron chi connectivity index (χ4n) is 1.68. The fraction of sp³-hybridized carbons (Fsp3) is 0.231. The number of rotatable bonds is 4. The van der Waals surface area contributed by atoms with Crippen LogP contribution in [0.2, 0.25) is 0 Å². The summed E-state index contributed by atoms with van der Waals surface area (Å²) >= 11 is 1.38. The average molecular weight is 276 g/mol. The Kier molecular flexibility index (Phi) is 4.01. The van der Waals surface area contributed by atoms with Crippen LogP contribution in [0.4, 0.5) is 10.7 Å². The predicted molar refractivity (Wildman–Crippen MR) is 78.5 cm³/mol. The summed E-state index contributed by atoms with van der Waals surface area (Å²) in [5, 5.41) is 3.53. The SMILES string of the molecule is CNC(=O)c1sc(N(C)Cc2ccccn2)cc1N. The van der Waals surface area contributed by atoms with Gasteiger partial charge in [-0.15, -0.1) is 11.3 Å². The van der Waals surface area contributed by atoms with Crippen molar-refractivity contribution in [1.29, 1.82) is 0 Å². The Balaban J connectivity index is 2.16. The molecule has 0 aliphatic heterocycles. The molecule has 2 rings (SSSR count). The van der Waals surface area contributed by atoms with E-state index in [2.05, 4.69) is 10.3 Å². The van der Waals surface area contributed by atoms with Gasteiger partial charge in [-0.2, -0.15) is 0 Å². The van der Waals surface area contributed by atoms with Crippen molar-refractivity contribution >= 4 is 27.9 Å². The molecular weight excluding hydrogens is 260 g/mol. The lowest BCUT2D eigenvalue weighted by Gasteiger charge is -2.16. The molecule has 2 aromatic rings. The van der Waals surface area contributed by atoms with Crippen LogP contribution in [0.5, 0.6) is 0 Å². The molecule has 0 spiro atoms. The summed E-state index contributed by atoms with van der Waals surface area (Å²) in [6, 6.07) is 7.62. The molecule has 1 amide bonds. The molecular formula is C13H16N4OS. The molecule has 0 saturated carbocycles. The number of nitrogen functional groups attached to an aromatic ring is 1. The summed E-state index contributed by atoms with van der Waals surface area (Å²) in [5.41, 5.74) is 7.33. The Labute approximate surface area is 116 Å². The van der Waals surface area contributed by atoms with Gasteiger partial charge in [0.05, 0.1) is 22.9 Å². The molecule has 2 aromatic heterocycles. The van der Waals surface area contributed by atoms with Gasteiger partial charge in [-0.1, -0.05) is 6.07 Å². The zero-order chi connectivity index (χ0) is 13.8. The molecule has 0 aliphatic rings. The number of pyridine rings is 1. The number of hydrogen-bond acceptors (Lipinski definition) is 5. The number of carbonyl (C=O) groups is 1. The van der Waals surface area contributed by atoms with Crippen LogP contribution in [0.25, 0.3) is 0 Å². The zero-order valence-electron chi connectivity index (χ0n) is 10.9. The minimum absolute atomic E-state index is 0.153. The monoisotopic (exact) mass is 276 g/mol. The highest BCUT2D eigenvalue weighted by Crippen LogP contribution is 2.32. The van der Waals surface area contributed by atoms with Gasteiger partial charge in [0.15, 0.2) is 0 Å². The summed E-state index contributed by atoms with van der Waals surface area (Å²) in [6.07, 6.45) is 1.77. The molecule has 0 fully saturated rings. The van der Waals surface area contributed by atoms with E-state index >= 15 is 0 Å². The molecule has 2 heterocycles. The number of anilines is 2. The Morgan fingerprint density at radius 3 is 2.95 bits per heavy atom. The van der Waals surface area contributed by atoms with E-state index in [0.29, 0.717) is 17.1 Å². The Hall–Kier alpha value is -2.08. The van der Waals surface area contributed by atoms with Gasteiger partial charge in [-0.05, 0) is 18.2 Å². The molecule has 0 aromatic carbocycles. The second-order valence-corrected chi connectivity index (χ2v) is 5.16. The highest BCUT2D eigenvalue weighted by Gasteiger charge is 2.15. The number of thiophene rings is 1. The number of carbonyl (C=O) groups excluding carboxylic acids is 1. The molecule has 0 unspecified atom stereocenters. The van der Waals surface area contributed by atoms with E-state index in [1.165, 1.54) is 11.3 Å². The minimum atomic E-state index is -0.153. The number of nitrogens with two attached hydrogens (primary N) is 1. The fourth-order valence-corrected chi connectivity index (χ4v) is 2.67. The Bertz CT molecular complexity index is 567. The predicted octanol–water partition coefficient (Wildman–Crippen LogP) is 1.72. The van der Waals surface area contributed by atoms with Gasteiger partial charge in [0.2, 0.25) is 0 Å². The van der Waals surface area contributed by atoms with Crippen molar-refractivity contribution in [3.8, 4) is 0 Å². The topological polar surface area (TPSA) is 71.2 Å². The third-order valence-electron chi connectivity index (χ3n) is 2.68. The van der Waals surface area contributed by atoms with Crippen LogP contribution in [0, 0.1) is 0 Å². The number of amides is 1. The van der Waals surface area contributed by atoms with Gasteiger partial charge in [0, 0.05) is 20.3 Å². The van der Waals surface area contributed by atoms with Gasteiger partial charge in [0.25, 0.3) is 5.91 Å². The standard InChI is InChI=1S/C13H16N4OS/c1-15-13(18)12-10(14)7-11(19-12)17(2)8-9-5-3-4-6-16-9/h3-7H,8,14H2,1-2H3,(H,15,18). The number of hydrogen-bond donors (Lipinski definition) is 2. The molecule has 0 atom stereocenters. The normalized spacial score (nSPS) is 10.2. The van der Waals surface area contributed by atoms with Crippen molar-refractivity contribution in [2.45, 2.75) is 6.54 Å². The maximum absolute atomic E-state index is 11.6. The van der Waals surface area contributed by atoms with Gasteiger partial charge < -0.3 is 16.0 Å². The van der Waals surface area contributed by atoms with E-state index in [1.807, 2.05) is 36.2 Å². The average Bonchev–Trinajstić information content (AvgIpc) is 2.81. The zero-order valence-corrected chi connectivity index (χ0v) is 11.7. The van der Waals surface area contributed by atoms with E-state index in [9.17, 15) is 4.79 Å². The number of aromatic nitrogens is 1. The van der Waals surface area contributed by atoms with Crippen LogP contribution in [0.1, 0.15) is 15.4 Å². The molecule has 19 heavy (non-hydrogen) atoms. The van der Waals surface area contributed by atoms with Gasteiger partial charge in [0.1, 0.15) is 4.88 Å². The molecule has 0 aliphatic carbocycles. The highest BCUT2D eigenvalue weighted by molar-refractivity contribution is 7.18. The molecule has 0 radical (unpaired) electrons. The lowest BCUT2D eigenvalue weighted by atomic mass is 10.3. The first-order valence-electron chi connectivity index (χ1n) is 5.84. The molecule has 0 saturated heterocycles. The van der Waals surface area contributed by atoms with Crippen LogP contribution in [0.3, 0.4) is 0 Å². The summed E-state index contributed by atoms with van der Waals surface area (Å²) in [7, 11) is 3.55. The first-order chi connectivity index (χ1) is 9.11. The summed E-state index contributed by atoms with van der Waals surface area (Å²) < 4.78 is 0. The van der Waals surface area contributed by atoms with Crippen LogP contribution in [-0.4, -0.2) is 25.0 Å².